The predicted octanol–water partition coefficient (Wildman–Crippen LogP) is 3.70. The molecule has 2 nitrogen and oxygen atoms in total. The van der Waals surface area contributed by atoms with E-state index in [0.29, 0.717) is 5.56 Å². The first-order chi connectivity index (χ1) is 10.2. The molecule has 0 bridgehead atoms. The van der Waals surface area contributed by atoms with E-state index in [1.807, 2.05) is 24.3 Å². The third-order valence-corrected chi connectivity index (χ3v) is 4.58. The second kappa shape index (κ2) is 3.47. The van der Waals surface area contributed by atoms with Gasteiger partial charge in [0, 0.05) is 5.56 Å². The Labute approximate surface area is 120 Å². The number of Topliss-reactive ketones (excluding diaryl/α,β-unsaturated/α-hetero) is 1. The lowest BCUT2D eigenvalue weighted by Crippen LogP contribution is -2.17. The second-order valence-corrected chi connectivity index (χ2v) is 5.71. The molecular weight excluding hydrogens is 260 g/mol. The van der Waals surface area contributed by atoms with E-state index in [-0.39, 0.29) is 5.78 Å². The lowest BCUT2D eigenvalue weighted by Gasteiger charge is -2.13. The van der Waals surface area contributed by atoms with Gasteiger partial charge in [0.25, 0.3) is 0 Å². The maximum Gasteiger partial charge on any atom is 0.233 e. The lowest BCUT2D eigenvalue weighted by atomic mass is 9.88. The predicted molar refractivity (Wildman–Crippen MR) is 82.5 cm³/mol. The van der Waals surface area contributed by atoms with Crippen LogP contribution in [-0.2, 0) is 11.2 Å². The van der Waals surface area contributed by atoms with Gasteiger partial charge in [-0.2, -0.15) is 0 Å². The van der Waals surface area contributed by atoms with Gasteiger partial charge < -0.3 is 0 Å². The van der Waals surface area contributed by atoms with Crippen LogP contribution >= 0.6 is 0 Å². The van der Waals surface area contributed by atoms with Gasteiger partial charge in [0.1, 0.15) is 0 Å². The summed E-state index contributed by atoms with van der Waals surface area (Å²) in [6.07, 6.45) is 2.27. The van der Waals surface area contributed by atoms with E-state index >= 15 is 0 Å². The average molecular weight is 270 g/mol. The molecule has 3 aromatic carbocycles. The molecule has 0 unspecified atom stereocenters. The number of allylic oxidation sites excluding steroid dienone is 2. The van der Waals surface area contributed by atoms with E-state index in [2.05, 4.69) is 18.2 Å². The van der Waals surface area contributed by atoms with Crippen LogP contribution in [-0.4, -0.2) is 11.6 Å². The highest BCUT2D eigenvalue weighted by atomic mass is 16.2. The highest BCUT2D eigenvalue weighted by molar-refractivity contribution is 6.51. The molecule has 0 saturated carbocycles. The van der Waals surface area contributed by atoms with Crippen LogP contribution in [0.5, 0.6) is 0 Å². The van der Waals surface area contributed by atoms with Gasteiger partial charge in [0.15, 0.2) is 0 Å². The van der Waals surface area contributed by atoms with Crippen LogP contribution in [0.4, 0.5) is 0 Å². The molecule has 0 N–H and O–H groups in total. The topological polar surface area (TPSA) is 34.1 Å². The van der Waals surface area contributed by atoms with Crippen molar-refractivity contribution in [2.45, 2.75) is 6.42 Å². The molecule has 0 fully saturated rings. The van der Waals surface area contributed by atoms with Crippen molar-refractivity contribution in [2.75, 3.05) is 0 Å². The molecule has 2 aliphatic carbocycles. The Morgan fingerprint density at radius 2 is 1.76 bits per heavy atom. The number of rotatable bonds is 0. The van der Waals surface area contributed by atoms with Crippen molar-refractivity contribution in [1.82, 2.24) is 0 Å². The Balaban J connectivity index is 2.06. The summed E-state index contributed by atoms with van der Waals surface area (Å²) in [5.41, 5.74) is 3.76. The molecule has 0 heterocycles. The first-order valence-corrected chi connectivity index (χ1v) is 7.01. The molecule has 0 aliphatic heterocycles. The number of benzene rings is 3. The third kappa shape index (κ3) is 1.23. The quantitative estimate of drug-likeness (QED) is 0.461. The van der Waals surface area contributed by atoms with Crippen molar-refractivity contribution >= 4 is 38.7 Å². The molecule has 21 heavy (non-hydrogen) atoms. The molecule has 0 aromatic heterocycles. The molecule has 98 valence electrons. The zero-order valence-corrected chi connectivity index (χ0v) is 11.1. The van der Waals surface area contributed by atoms with Crippen LogP contribution in [0.25, 0.3) is 27.1 Å². The Kier molecular flexibility index (Phi) is 1.81. The van der Waals surface area contributed by atoms with E-state index in [9.17, 15) is 9.59 Å². The summed E-state index contributed by atoms with van der Waals surface area (Å²) in [6, 6.07) is 14.3. The summed E-state index contributed by atoms with van der Waals surface area (Å²) in [5.74, 6) is -0.772. The van der Waals surface area contributed by atoms with Gasteiger partial charge in [-0.25, -0.2) is 0 Å². The van der Waals surface area contributed by atoms with Crippen LogP contribution < -0.4 is 0 Å². The molecule has 0 radical (unpaired) electrons. The van der Waals surface area contributed by atoms with Gasteiger partial charge in [-0.15, -0.1) is 0 Å². The van der Waals surface area contributed by atoms with E-state index in [1.54, 1.807) is 0 Å². The van der Waals surface area contributed by atoms with Gasteiger partial charge in [-0.05, 0) is 56.8 Å². The summed E-state index contributed by atoms with van der Waals surface area (Å²) < 4.78 is 0. The van der Waals surface area contributed by atoms with Crippen LogP contribution in [0.3, 0.4) is 0 Å². The van der Waals surface area contributed by atoms with E-state index in [0.717, 1.165) is 22.9 Å². The summed E-state index contributed by atoms with van der Waals surface area (Å²) >= 11 is 0. The lowest BCUT2D eigenvalue weighted by molar-refractivity contribution is -0.111. The monoisotopic (exact) mass is 270 g/mol. The van der Waals surface area contributed by atoms with Crippen molar-refractivity contribution < 1.29 is 9.59 Å². The van der Waals surface area contributed by atoms with E-state index in [1.165, 1.54) is 27.8 Å². The molecule has 5 rings (SSSR count). The highest BCUT2D eigenvalue weighted by Gasteiger charge is 2.32. The average Bonchev–Trinajstić information content (AvgIpc) is 2.86. The fourth-order valence-electron chi connectivity index (χ4n) is 3.72. The van der Waals surface area contributed by atoms with Crippen LogP contribution in [0.1, 0.15) is 21.5 Å². The van der Waals surface area contributed by atoms with Gasteiger partial charge in [0.05, 0.1) is 0 Å². The minimum atomic E-state index is -0.394. The van der Waals surface area contributed by atoms with Gasteiger partial charge in [0.2, 0.25) is 11.6 Å². The highest BCUT2D eigenvalue weighted by Crippen LogP contribution is 2.44. The van der Waals surface area contributed by atoms with Crippen LogP contribution in [0, 0.1) is 0 Å². The standard InChI is InChI=1S/C19H10O2/c20-16-9-12-8-11-7-10-3-1-2-4-13(10)14-5-6-15(19(16)21)18(12)17(11)14/h1-7,9H,8H2. The molecule has 0 amide bonds. The number of hydrogen-bond donors (Lipinski definition) is 0. The maximum absolute atomic E-state index is 12.1. The SMILES string of the molecule is O=C1C=C2Cc3cc4ccccc4c4ccc(c2c34)C1=O. The third-order valence-electron chi connectivity index (χ3n) is 4.58. The first-order valence-electron chi connectivity index (χ1n) is 7.01. The smallest absolute Gasteiger partial charge is 0.233 e. The fraction of sp³-hybridized carbons (Fsp3) is 0.0526. The zero-order chi connectivity index (χ0) is 14.1. The Hall–Kier alpha value is -2.74. The van der Waals surface area contributed by atoms with Gasteiger partial charge in [-0.3, -0.25) is 9.59 Å². The number of carbonyl (C=O) groups is 2. The molecule has 0 saturated heterocycles. The molecule has 2 aliphatic rings. The van der Waals surface area contributed by atoms with Crippen molar-refractivity contribution in [2.24, 2.45) is 0 Å². The fourth-order valence-corrected chi connectivity index (χ4v) is 3.72. The van der Waals surface area contributed by atoms with Gasteiger partial charge >= 0.3 is 0 Å². The number of fused-ring (bicyclic) bond motifs is 2. The van der Waals surface area contributed by atoms with Crippen molar-refractivity contribution in [1.29, 1.82) is 0 Å². The summed E-state index contributed by atoms with van der Waals surface area (Å²) in [4.78, 5) is 23.9. The zero-order valence-electron chi connectivity index (χ0n) is 11.1. The number of hydrogen-bond acceptors (Lipinski definition) is 2. The van der Waals surface area contributed by atoms with Crippen molar-refractivity contribution in [3.63, 3.8) is 0 Å². The summed E-state index contributed by atoms with van der Waals surface area (Å²) in [6.45, 7) is 0. The van der Waals surface area contributed by atoms with E-state index in [4.69, 9.17) is 0 Å². The summed E-state index contributed by atoms with van der Waals surface area (Å²) in [7, 11) is 0. The summed E-state index contributed by atoms with van der Waals surface area (Å²) in [5, 5.41) is 4.73. The van der Waals surface area contributed by atoms with Crippen molar-refractivity contribution in [3.8, 4) is 0 Å². The Morgan fingerprint density at radius 1 is 0.905 bits per heavy atom. The number of ketones is 2. The van der Waals surface area contributed by atoms with Gasteiger partial charge in [-0.1, -0.05) is 36.4 Å². The van der Waals surface area contributed by atoms with Crippen LogP contribution in [0.2, 0.25) is 0 Å². The molecular formula is C19H10O2. The molecule has 3 aromatic rings. The molecule has 2 heteroatoms. The molecule has 0 spiro atoms. The maximum atomic E-state index is 12.1. The largest absolute Gasteiger partial charge is 0.286 e. The minimum absolute atomic E-state index is 0.378. The van der Waals surface area contributed by atoms with Crippen molar-refractivity contribution in [3.05, 3.63) is 65.2 Å². The van der Waals surface area contributed by atoms with Crippen LogP contribution in [0.15, 0.2) is 48.5 Å². The first kappa shape index (κ1) is 11.0. The number of carbonyl (C=O) groups excluding carboxylic acids is 2. The molecule has 0 atom stereocenters. The minimum Gasteiger partial charge on any atom is -0.286 e. The van der Waals surface area contributed by atoms with E-state index < -0.39 is 5.78 Å². The Bertz CT molecular complexity index is 1040. The normalized spacial score (nSPS) is 15.9. The second-order valence-electron chi connectivity index (χ2n) is 5.71. The Morgan fingerprint density at radius 3 is 2.67 bits per heavy atom.